The van der Waals surface area contributed by atoms with E-state index < -0.39 is 18.1 Å². The van der Waals surface area contributed by atoms with E-state index in [4.69, 9.17) is 4.74 Å². The fourth-order valence-electron chi connectivity index (χ4n) is 5.16. The van der Waals surface area contributed by atoms with Gasteiger partial charge in [-0.25, -0.2) is 4.79 Å². The van der Waals surface area contributed by atoms with Gasteiger partial charge < -0.3 is 20.1 Å². The maximum atomic E-state index is 13.3. The Morgan fingerprint density at radius 3 is 2.24 bits per heavy atom. The number of carboxylic acids is 1. The van der Waals surface area contributed by atoms with E-state index in [0.717, 1.165) is 35.1 Å². The molecule has 1 saturated heterocycles. The highest BCUT2D eigenvalue weighted by atomic mass is 16.5. The molecule has 7 nitrogen and oxygen atoms in total. The van der Waals surface area contributed by atoms with Crippen LogP contribution in [0, 0.1) is 5.92 Å². The van der Waals surface area contributed by atoms with Gasteiger partial charge in [0.1, 0.15) is 12.6 Å². The van der Waals surface area contributed by atoms with Gasteiger partial charge >= 0.3 is 12.1 Å². The number of alkyl carbamates (subject to hydrolysis) is 1. The summed E-state index contributed by atoms with van der Waals surface area (Å²) in [4.78, 5) is 39.0. The predicted molar refractivity (Wildman–Crippen MR) is 128 cm³/mol. The average Bonchev–Trinajstić information content (AvgIpc) is 3.14. The minimum absolute atomic E-state index is 0.0617. The smallest absolute Gasteiger partial charge is 0.407 e. The highest BCUT2D eigenvalue weighted by Gasteiger charge is 2.35. The first-order chi connectivity index (χ1) is 16.4. The quantitative estimate of drug-likeness (QED) is 0.633. The summed E-state index contributed by atoms with van der Waals surface area (Å²) in [5, 5.41) is 12.0. The summed E-state index contributed by atoms with van der Waals surface area (Å²) < 4.78 is 5.63. The summed E-state index contributed by atoms with van der Waals surface area (Å²) in [5.74, 6) is -1.39. The third-order valence-electron chi connectivity index (χ3n) is 6.87. The third kappa shape index (κ3) is 4.93. The van der Waals surface area contributed by atoms with Crippen molar-refractivity contribution in [2.24, 2.45) is 5.92 Å². The van der Waals surface area contributed by atoms with Gasteiger partial charge in [0.05, 0.1) is 6.42 Å². The van der Waals surface area contributed by atoms with Crippen LogP contribution in [-0.2, 0) is 14.3 Å². The van der Waals surface area contributed by atoms with Crippen LogP contribution in [0.4, 0.5) is 4.79 Å². The molecule has 0 bridgehead atoms. The number of nitrogens with zero attached hydrogens (tertiary/aromatic N) is 1. The molecule has 4 rings (SSSR count). The van der Waals surface area contributed by atoms with Gasteiger partial charge in [-0.15, -0.1) is 0 Å². The Balaban J connectivity index is 1.43. The average molecular weight is 465 g/mol. The molecule has 1 aliphatic heterocycles. The molecule has 180 valence electrons. The van der Waals surface area contributed by atoms with Crippen LogP contribution in [-0.4, -0.2) is 53.2 Å². The van der Waals surface area contributed by atoms with Gasteiger partial charge in [-0.2, -0.15) is 0 Å². The summed E-state index contributed by atoms with van der Waals surface area (Å²) in [6, 6.07) is 15.1. The summed E-state index contributed by atoms with van der Waals surface area (Å²) in [5.41, 5.74) is 4.55. The number of rotatable bonds is 7. The second-order valence-corrected chi connectivity index (χ2v) is 9.47. The van der Waals surface area contributed by atoms with Crippen molar-refractivity contribution in [2.45, 2.75) is 57.5 Å². The molecule has 2 aliphatic rings. The van der Waals surface area contributed by atoms with Gasteiger partial charge in [0.25, 0.3) is 0 Å². The number of carboxylic acid groups (broad SMARTS) is 1. The Kier molecular flexibility index (Phi) is 7.20. The molecule has 0 spiro atoms. The maximum Gasteiger partial charge on any atom is 0.407 e. The van der Waals surface area contributed by atoms with Gasteiger partial charge in [-0.05, 0) is 47.4 Å². The summed E-state index contributed by atoms with van der Waals surface area (Å²) in [6.45, 7) is 4.40. The summed E-state index contributed by atoms with van der Waals surface area (Å²) in [6.07, 6.45) is 1.67. The number of amides is 2. The summed E-state index contributed by atoms with van der Waals surface area (Å²) in [7, 11) is 0. The van der Waals surface area contributed by atoms with E-state index in [9.17, 15) is 19.5 Å². The largest absolute Gasteiger partial charge is 0.481 e. The predicted octanol–water partition coefficient (Wildman–Crippen LogP) is 4.41. The number of benzene rings is 2. The molecule has 7 heteroatoms. The molecule has 0 aromatic heterocycles. The van der Waals surface area contributed by atoms with Crippen molar-refractivity contribution >= 4 is 18.0 Å². The van der Waals surface area contributed by atoms with Crippen molar-refractivity contribution in [3.8, 4) is 11.1 Å². The van der Waals surface area contributed by atoms with Gasteiger partial charge in [-0.3, -0.25) is 9.59 Å². The van der Waals surface area contributed by atoms with Crippen LogP contribution in [0.5, 0.6) is 0 Å². The van der Waals surface area contributed by atoms with Crippen LogP contribution in [0.1, 0.15) is 56.6 Å². The standard InChI is InChI=1S/C27H32N2O5/c1-17(2)25(26(32)29-14-8-7-9-18(29)15-24(30)31)28-27(33)34-16-23-21-12-5-3-10-19(21)20-11-4-6-13-22(20)23/h3-6,10-13,17-18,23,25H,7-9,14-16H2,1-2H3,(H,28,33)(H,30,31)/t18?,25-/m1/s1. The molecular formula is C27H32N2O5. The van der Waals surface area contributed by atoms with Crippen molar-refractivity contribution in [1.29, 1.82) is 0 Å². The Hall–Kier alpha value is -3.35. The van der Waals surface area contributed by atoms with Gasteiger partial charge in [0, 0.05) is 18.5 Å². The first-order valence-electron chi connectivity index (χ1n) is 12.0. The van der Waals surface area contributed by atoms with Gasteiger partial charge in [-0.1, -0.05) is 62.4 Å². The molecule has 0 radical (unpaired) electrons. The second-order valence-electron chi connectivity index (χ2n) is 9.47. The minimum atomic E-state index is -0.921. The number of fused-ring (bicyclic) bond motifs is 3. The Bertz CT molecular complexity index is 1020. The minimum Gasteiger partial charge on any atom is -0.481 e. The zero-order valence-corrected chi connectivity index (χ0v) is 19.7. The highest BCUT2D eigenvalue weighted by molar-refractivity contribution is 5.87. The third-order valence-corrected chi connectivity index (χ3v) is 6.87. The normalized spacial score (nSPS) is 18.2. The van der Waals surface area contributed by atoms with Crippen molar-refractivity contribution in [3.05, 3.63) is 59.7 Å². The van der Waals surface area contributed by atoms with Crippen molar-refractivity contribution < 1.29 is 24.2 Å². The van der Waals surface area contributed by atoms with Gasteiger partial charge in [0.2, 0.25) is 5.91 Å². The number of aliphatic carboxylic acids is 1. The molecular weight excluding hydrogens is 432 g/mol. The number of likely N-dealkylation sites (tertiary alicyclic amines) is 1. The number of hydrogen-bond acceptors (Lipinski definition) is 4. The monoisotopic (exact) mass is 464 g/mol. The molecule has 1 unspecified atom stereocenters. The molecule has 2 N–H and O–H groups in total. The first kappa shape index (κ1) is 23.8. The number of nitrogens with one attached hydrogen (secondary N) is 1. The van der Waals surface area contributed by atoms with E-state index in [0.29, 0.717) is 13.0 Å². The molecule has 1 fully saturated rings. The molecule has 2 aromatic carbocycles. The molecule has 2 amide bonds. The fraction of sp³-hybridized carbons (Fsp3) is 0.444. The number of hydrogen-bond donors (Lipinski definition) is 2. The lowest BCUT2D eigenvalue weighted by atomic mass is 9.95. The lowest BCUT2D eigenvalue weighted by Gasteiger charge is -2.38. The van der Waals surface area contributed by atoms with E-state index in [1.807, 2.05) is 38.1 Å². The lowest BCUT2D eigenvalue weighted by molar-refractivity contribution is -0.143. The van der Waals surface area contributed by atoms with Crippen molar-refractivity contribution in [3.63, 3.8) is 0 Å². The van der Waals surface area contributed by atoms with E-state index in [1.54, 1.807) is 4.90 Å². The number of piperidine rings is 1. The van der Waals surface area contributed by atoms with Crippen molar-refractivity contribution in [2.75, 3.05) is 13.2 Å². The second kappa shape index (κ2) is 10.3. The zero-order valence-electron chi connectivity index (χ0n) is 19.7. The Morgan fingerprint density at radius 2 is 1.65 bits per heavy atom. The van der Waals surface area contributed by atoms with Crippen LogP contribution in [0.3, 0.4) is 0 Å². The number of ether oxygens (including phenoxy) is 1. The number of carbonyl (C=O) groups excluding carboxylic acids is 2. The van der Waals surface area contributed by atoms with E-state index in [1.165, 1.54) is 0 Å². The molecule has 2 aromatic rings. The molecule has 2 atom stereocenters. The Morgan fingerprint density at radius 1 is 1.03 bits per heavy atom. The molecule has 0 saturated carbocycles. The van der Waals surface area contributed by atoms with Crippen molar-refractivity contribution in [1.82, 2.24) is 10.2 Å². The van der Waals surface area contributed by atoms with Gasteiger partial charge in [0.15, 0.2) is 0 Å². The molecule has 1 aliphatic carbocycles. The van der Waals surface area contributed by atoms with Crippen LogP contribution >= 0.6 is 0 Å². The topological polar surface area (TPSA) is 95.9 Å². The van der Waals surface area contributed by atoms with Crippen LogP contribution in [0.2, 0.25) is 0 Å². The van der Waals surface area contributed by atoms with E-state index >= 15 is 0 Å². The lowest BCUT2D eigenvalue weighted by Crippen LogP contribution is -2.55. The first-order valence-corrected chi connectivity index (χ1v) is 12.0. The highest BCUT2D eigenvalue weighted by Crippen LogP contribution is 2.44. The van der Waals surface area contributed by atoms with E-state index in [-0.39, 0.29) is 36.8 Å². The summed E-state index contributed by atoms with van der Waals surface area (Å²) >= 11 is 0. The maximum absolute atomic E-state index is 13.3. The van der Waals surface area contributed by atoms with Crippen LogP contribution in [0.15, 0.2) is 48.5 Å². The number of carbonyl (C=O) groups is 3. The van der Waals surface area contributed by atoms with E-state index in [2.05, 4.69) is 29.6 Å². The SMILES string of the molecule is CC(C)[C@@H](NC(=O)OCC1c2ccccc2-c2ccccc21)C(=O)N1CCCCC1CC(=O)O. The zero-order chi connectivity index (χ0) is 24.2. The van der Waals surface area contributed by atoms with Crippen LogP contribution < -0.4 is 5.32 Å². The molecule has 1 heterocycles. The Labute approximate surface area is 200 Å². The fourth-order valence-corrected chi connectivity index (χ4v) is 5.16. The molecule has 34 heavy (non-hydrogen) atoms. The van der Waals surface area contributed by atoms with Crippen LogP contribution in [0.25, 0.3) is 11.1 Å².